The highest BCUT2D eigenvalue weighted by atomic mass is 127. The summed E-state index contributed by atoms with van der Waals surface area (Å²) >= 11 is 0. The summed E-state index contributed by atoms with van der Waals surface area (Å²) < 4.78 is 7.78. The van der Waals surface area contributed by atoms with Gasteiger partial charge in [-0.15, -0.1) is 24.0 Å². The first kappa shape index (κ1) is 23.6. The second-order valence-corrected chi connectivity index (χ2v) is 7.48. The number of guanidine groups is 1. The summed E-state index contributed by atoms with van der Waals surface area (Å²) in [5.74, 6) is 0.942. The lowest BCUT2D eigenvalue weighted by molar-refractivity contribution is -0.00805. The minimum atomic E-state index is 0. The highest BCUT2D eigenvalue weighted by Crippen LogP contribution is 2.21. The van der Waals surface area contributed by atoms with Gasteiger partial charge in [-0.3, -0.25) is 4.68 Å². The van der Waals surface area contributed by atoms with Crippen molar-refractivity contribution in [2.75, 3.05) is 40.3 Å². The van der Waals surface area contributed by atoms with Crippen LogP contribution in [0.15, 0.2) is 41.7 Å². The number of hydrogen-bond donors (Lipinski definition) is 1. The van der Waals surface area contributed by atoms with E-state index in [-0.39, 0.29) is 30.1 Å². The maximum Gasteiger partial charge on any atom is 0.194 e. The summed E-state index contributed by atoms with van der Waals surface area (Å²) in [4.78, 5) is 9.33. The summed E-state index contributed by atoms with van der Waals surface area (Å²) in [6, 6.07) is 8.71. The number of ether oxygens (including phenoxy) is 1. The van der Waals surface area contributed by atoms with Crippen LogP contribution in [0.3, 0.4) is 0 Å². The molecule has 29 heavy (non-hydrogen) atoms. The van der Waals surface area contributed by atoms with Crippen LogP contribution in [-0.2, 0) is 24.9 Å². The monoisotopic (exact) mass is 512 g/mol. The van der Waals surface area contributed by atoms with Crippen molar-refractivity contribution < 1.29 is 4.74 Å². The van der Waals surface area contributed by atoms with Crippen molar-refractivity contribution in [2.24, 2.45) is 12.0 Å². The van der Waals surface area contributed by atoms with Gasteiger partial charge in [0.15, 0.2) is 5.96 Å². The van der Waals surface area contributed by atoms with Gasteiger partial charge in [0.25, 0.3) is 0 Å². The molecule has 0 bridgehead atoms. The minimum Gasteiger partial charge on any atom is -0.370 e. The van der Waals surface area contributed by atoms with Gasteiger partial charge in [-0.1, -0.05) is 24.3 Å². The van der Waals surface area contributed by atoms with E-state index in [2.05, 4.69) is 65.5 Å². The molecule has 1 atom stereocenters. The predicted molar refractivity (Wildman–Crippen MR) is 128 cm³/mol. The molecule has 160 valence electrons. The average molecular weight is 512 g/mol. The largest absolute Gasteiger partial charge is 0.370 e. The van der Waals surface area contributed by atoms with Gasteiger partial charge in [-0.2, -0.15) is 5.10 Å². The van der Waals surface area contributed by atoms with Gasteiger partial charge >= 0.3 is 0 Å². The van der Waals surface area contributed by atoms with Gasteiger partial charge in [0.05, 0.1) is 25.9 Å². The molecule has 1 aliphatic rings. The third kappa shape index (κ3) is 6.97. The molecular weight excluding hydrogens is 479 g/mol. The lowest BCUT2D eigenvalue weighted by atomic mass is 10.1. The Hall–Kier alpha value is -1.65. The molecule has 0 aliphatic carbocycles. The number of benzene rings is 1. The second kappa shape index (κ2) is 11.5. The number of nitrogens with zero attached hydrogens (tertiary/aromatic N) is 5. The number of aryl methyl sites for hydroxylation is 1. The van der Waals surface area contributed by atoms with Crippen LogP contribution in [0.4, 0.5) is 0 Å². The zero-order chi connectivity index (χ0) is 19.9. The number of morpholine rings is 1. The third-order valence-electron chi connectivity index (χ3n) is 4.73. The van der Waals surface area contributed by atoms with Gasteiger partial charge in [0.1, 0.15) is 6.10 Å². The molecule has 1 N–H and O–H groups in total. The van der Waals surface area contributed by atoms with Gasteiger partial charge < -0.3 is 19.9 Å². The Kier molecular flexibility index (Phi) is 9.38. The molecule has 1 aromatic heterocycles. The molecule has 2 aromatic rings. The quantitative estimate of drug-likeness (QED) is 0.367. The molecule has 0 radical (unpaired) electrons. The lowest BCUT2D eigenvalue weighted by Gasteiger charge is -2.34. The Morgan fingerprint density at radius 2 is 2.00 bits per heavy atom. The van der Waals surface area contributed by atoms with Crippen LogP contribution < -0.4 is 5.32 Å². The Bertz CT molecular complexity index is 774. The molecular formula is C21H33IN6O. The highest BCUT2D eigenvalue weighted by Gasteiger charge is 2.25. The molecule has 1 aromatic carbocycles. The topological polar surface area (TPSA) is 57.9 Å². The first-order chi connectivity index (χ1) is 13.5. The Labute approximate surface area is 191 Å². The Morgan fingerprint density at radius 1 is 1.28 bits per heavy atom. The lowest BCUT2D eigenvalue weighted by Crippen LogP contribution is -2.48. The van der Waals surface area contributed by atoms with Crippen molar-refractivity contribution in [1.29, 1.82) is 0 Å². The van der Waals surface area contributed by atoms with Crippen LogP contribution in [0.25, 0.3) is 0 Å². The molecule has 0 saturated carbocycles. The third-order valence-corrected chi connectivity index (χ3v) is 4.73. The smallest absolute Gasteiger partial charge is 0.194 e. The van der Waals surface area contributed by atoms with Gasteiger partial charge in [-0.25, -0.2) is 4.99 Å². The summed E-state index contributed by atoms with van der Waals surface area (Å²) in [6.07, 6.45) is 3.93. The highest BCUT2D eigenvalue weighted by molar-refractivity contribution is 14.0. The van der Waals surface area contributed by atoms with E-state index in [0.717, 1.165) is 37.7 Å². The first-order valence-electron chi connectivity index (χ1n) is 9.91. The van der Waals surface area contributed by atoms with E-state index in [0.29, 0.717) is 13.2 Å². The summed E-state index contributed by atoms with van der Waals surface area (Å²) in [5.41, 5.74) is 3.65. The number of halogens is 1. The first-order valence-corrected chi connectivity index (χ1v) is 9.91. The van der Waals surface area contributed by atoms with Crippen LogP contribution in [0, 0.1) is 0 Å². The van der Waals surface area contributed by atoms with E-state index in [4.69, 9.17) is 9.73 Å². The predicted octanol–water partition coefficient (Wildman–Crippen LogP) is 2.64. The zero-order valence-corrected chi connectivity index (χ0v) is 20.2. The number of hydrogen-bond acceptors (Lipinski definition) is 4. The molecule has 3 rings (SSSR count). The van der Waals surface area contributed by atoms with Gasteiger partial charge in [0.2, 0.25) is 0 Å². The van der Waals surface area contributed by atoms with E-state index in [1.807, 2.05) is 24.1 Å². The fourth-order valence-corrected chi connectivity index (χ4v) is 3.36. The van der Waals surface area contributed by atoms with Crippen molar-refractivity contribution >= 4 is 29.9 Å². The van der Waals surface area contributed by atoms with E-state index in [1.54, 1.807) is 0 Å². The fourth-order valence-electron chi connectivity index (χ4n) is 3.36. The average Bonchev–Trinajstić information content (AvgIpc) is 3.12. The normalized spacial score (nSPS) is 17.3. The van der Waals surface area contributed by atoms with Crippen LogP contribution in [0.1, 0.15) is 29.7 Å². The Balaban J connectivity index is 0.00000300. The molecule has 7 nitrogen and oxygen atoms in total. The minimum absolute atomic E-state index is 0. The SMILES string of the molecule is CCNC(=NCc1ccc(CN(C)C)cc1)N1CCOC(c2cnn(C)c2)C1.I. The zero-order valence-electron chi connectivity index (χ0n) is 17.8. The van der Waals surface area contributed by atoms with E-state index >= 15 is 0 Å². The number of aliphatic imine (C=N–C) groups is 1. The van der Waals surface area contributed by atoms with Crippen molar-refractivity contribution in [3.63, 3.8) is 0 Å². The number of rotatable bonds is 6. The van der Waals surface area contributed by atoms with Gasteiger partial charge in [-0.05, 0) is 32.1 Å². The maximum absolute atomic E-state index is 5.96. The Morgan fingerprint density at radius 3 is 2.62 bits per heavy atom. The van der Waals surface area contributed by atoms with Crippen LogP contribution in [0.2, 0.25) is 0 Å². The summed E-state index contributed by atoms with van der Waals surface area (Å²) in [5, 5.41) is 7.70. The molecule has 8 heteroatoms. The molecule has 0 amide bonds. The van der Waals surface area contributed by atoms with Crippen molar-refractivity contribution in [3.8, 4) is 0 Å². The fraction of sp³-hybridized carbons (Fsp3) is 0.524. The molecule has 2 heterocycles. The van der Waals surface area contributed by atoms with Crippen molar-refractivity contribution in [3.05, 3.63) is 53.3 Å². The van der Waals surface area contributed by atoms with E-state index in [1.165, 1.54) is 11.1 Å². The van der Waals surface area contributed by atoms with Crippen molar-refractivity contribution in [2.45, 2.75) is 26.1 Å². The second-order valence-electron chi connectivity index (χ2n) is 7.48. The molecule has 1 fully saturated rings. The van der Waals surface area contributed by atoms with Gasteiger partial charge in [0, 0.05) is 38.4 Å². The van der Waals surface area contributed by atoms with E-state index < -0.39 is 0 Å². The van der Waals surface area contributed by atoms with Crippen LogP contribution in [0.5, 0.6) is 0 Å². The van der Waals surface area contributed by atoms with Crippen molar-refractivity contribution in [1.82, 2.24) is 24.9 Å². The molecule has 0 spiro atoms. The molecule has 1 saturated heterocycles. The van der Waals surface area contributed by atoms with Crippen LogP contribution >= 0.6 is 24.0 Å². The molecule has 1 aliphatic heterocycles. The summed E-state index contributed by atoms with van der Waals surface area (Å²) in [6.45, 7) is 6.86. The summed E-state index contributed by atoms with van der Waals surface area (Å²) in [7, 11) is 6.10. The maximum atomic E-state index is 5.96. The number of aromatic nitrogens is 2. The van der Waals surface area contributed by atoms with Crippen LogP contribution in [-0.4, -0.2) is 65.9 Å². The molecule has 1 unspecified atom stereocenters. The number of nitrogens with one attached hydrogen (secondary N) is 1. The van der Waals surface area contributed by atoms with E-state index in [9.17, 15) is 0 Å². The standard InChI is InChI=1S/C21H32N6O.HI/c1-5-22-21(23-12-17-6-8-18(9-7-17)14-25(2)3)27-10-11-28-20(16-27)19-13-24-26(4)15-19;/h6-9,13,15,20H,5,10-12,14,16H2,1-4H3,(H,22,23);1H.